The SMILES string of the molecule is Cc1nn2c(CCN3CCNCC3)nnc2s1. The summed E-state index contributed by atoms with van der Waals surface area (Å²) in [5, 5.41) is 17.2. The number of piperazine rings is 1. The molecule has 3 heterocycles. The van der Waals surface area contributed by atoms with Crippen LogP contribution >= 0.6 is 11.3 Å². The van der Waals surface area contributed by atoms with Gasteiger partial charge in [0.2, 0.25) is 4.96 Å². The molecule has 7 heteroatoms. The molecule has 0 aliphatic carbocycles. The van der Waals surface area contributed by atoms with Gasteiger partial charge in [-0.15, -0.1) is 10.2 Å². The Bertz CT molecular complexity index is 498. The fourth-order valence-electron chi connectivity index (χ4n) is 2.10. The minimum atomic E-state index is 0.901. The fraction of sp³-hybridized carbons (Fsp3) is 0.700. The Hall–Kier alpha value is -1.05. The summed E-state index contributed by atoms with van der Waals surface area (Å²) >= 11 is 1.59. The zero-order valence-electron chi connectivity index (χ0n) is 9.89. The Balaban J connectivity index is 1.67. The van der Waals surface area contributed by atoms with E-state index in [2.05, 4.69) is 25.5 Å². The summed E-state index contributed by atoms with van der Waals surface area (Å²) in [5.41, 5.74) is 0. The number of hydrogen-bond acceptors (Lipinski definition) is 6. The molecule has 3 rings (SSSR count). The van der Waals surface area contributed by atoms with E-state index in [4.69, 9.17) is 0 Å². The molecule has 0 amide bonds. The molecule has 0 radical (unpaired) electrons. The Kier molecular flexibility index (Phi) is 3.04. The first-order valence-corrected chi connectivity index (χ1v) is 6.75. The summed E-state index contributed by atoms with van der Waals surface area (Å²) in [7, 11) is 0. The molecule has 17 heavy (non-hydrogen) atoms. The van der Waals surface area contributed by atoms with Gasteiger partial charge < -0.3 is 10.2 Å². The van der Waals surface area contributed by atoms with Crippen LogP contribution in [0.3, 0.4) is 0 Å². The van der Waals surface area contributed by atoms with Gasteiger partial charge in [0.15, 0.2) is 5.82 Å². The fourth-order valence-corrected chi connectivity index (χ4v) is 2.80. The number of aromatic nitrogens is 4. The van der Waals surface area contributed by atoms with Gasteiger partial charge >= 0.3 is 0 Å². The van der Waals surface area contributed by atoms with Crippen LogP contribution in [0.25, 0.3) is 4.96 Å². The highest BCUT2D eigenvalue weighted by Crippen LogP contribution is 2.12. The summed E-state index contributed by atoms with van der Waals surface area (Å²) < 4.78 is 1.88. The standard InChI is InChI=1S/C10H16N6S/c1-8-14-16-9(12-13-10(16)17-8)2-5-15-6-3-11-4-7-15/h11H,2-7H2,1H3. The van der Waals surface area contributed by atoms with Crippen LogP contribution in [-0.2, 0) is 6.42 Å². The molecule has 1 aliphatic rings. The van der Waals surface area contributed by atoms with Gasteiger partial charge in [-0.05, 0) is 6.92 Å². The molecule has 92 valence electrons. The quantitative estimate of drug-likeness (QED) is 0.829. The highest BCUT2D eigenvalue weighted by molar-refractivity contribution is 7.16. The van der Waals surface area contributed by atoms with E-state index in [9.17, 15) is 0 Å². The van der Waals surface area contributed by atoms with Gasteiger partial charge in [0, 0.05) is 39.1 Å². The molecule has 6 nitrogen and oxygen atoms in total. The summed E-state index contributed by atoms with van der Waals surface area (Å²) in [6, 6.07) is 0. The van der Waals surface area contributed by atoms with Crippen LogP contribution in [0.15, 0.2) is 0 Å². The maximum absolute atomic E-state index is 4.42. The van der Waals surface area contributed by atoms with E-state index >= 15 is 0 Å². The second-order valence-electron chi connectivity index (χ2n) is 4.27. The van der Waals surface area contributed by atoms with Crippen molar-refractivity contribution in [2.75, 3.05) is 32.7 Å². The predicted octanol–water partition coefficient (Wildman–Crippen LogP) is -0.0581. The Labute approximate surface area is 104 Å². The van der Waals surface area contributed by atoms with Gasteiger partial charge in [-0.1, -0.05) is 11.3 Å². The third-order valence-electron chi connectivity index (χ3n) is 3.02. The highest BCUT2D eigenvalue weighted by atomic mass is 32.1. The first-order valence-electron chi connectivity index (χ1n) is 5.94. The molecule has 0 unspecified atom stereocenters. The van der Waals surface area contributed by atoms with Crippen molar-refractivity contribution in [3.8, 4) is 0 Å². The monoisotopic (exact) mass is 252 g/mol. The average molecular weight is 252 g/mol. The number of nitrogens with zero attached hydrogens (tertiary/aromatic N) is 5. The van der Waals surface area contributed by atoms with Crippen LogP contribution < -0.4 is 5.32 Å². The molecule has 1 N–H and O–H groups in total. The van der Waals surface area contributed by atoms with Crippen LogP contribution in [0, 0.1) is 6.92 Å². The van der Waals surface area contributed by atoms with Crippen molar-refractivity contribution in [2.24, 2.45) is 0 Å². The van der Waals surface area contributed by atoms with Gasteiger partial charge in [-0.2, -0.15) is 9.61 Å². The molecule has 1 aliphatic heterocycles. The van der Waals surface area contributed by atoms with Crippen molar-refractivity contribution in [1.82, 2.24) is 30.0 Å². The molecule has 1 saturated heterocycles. The van der Waals surface area contributed by atoms with Crippen LogP contribution in [0.5, 0.6) is 0 Å². The smallest absolute Gasteiger partial charge is 0.234 e. The molecule has 0 saturated carbocycles. The van der Waals surface area contributed by atoms with Crippen LogP contribution in [0.4, 0.5) is 0 Å². The third-order valence-corrected chi connectivity index (χ3v) is 3.83. The number of nitrogens with one attached hydrogen (secondary N) is 1. The molecular formula is C10H16N6S. The molecule has 0 spiro atoms. The van der Waals surface area contributed by atoms with Crippen LogP contribution in [0.2, 0.25) is 0 Å². The predicted molar refractivity (Wildman–Crippen MR) is 66.4 cm³/mol. The molecule has 0 atom stereocenters. The second kappa shape index (κ2) is 4.67. The summed E-state index contributed by atoms with van der Waals surface area (Å²) in [5.74, 6) is 0.975. The lowest BCUT2D eigenvalue weighted by Gasteiger charge is -2.26. The Morgan fingerprint density at radius 1 is 1.29 bits per heavy atom. The van der Waals surface area contributed by atoms with E-state index in [1.807, 2.05) is 11.4 Å². The minimum Gasteiger partial charge on any atom is -0.314 e. The summed E-state index contributed by atoms with van der Waals surface area (Å²) in [6.07, 6.45) is 0.921. The van der Waals surface area contributed by atoms with Crippen molar-refractivity contribution in [2.45, 2.75) is 13.3 Å². The third kappa shape index (κ3) is 2.31. The van der Waals surface area contributed by atoms with E-state index in [0.717, 1.165) is 54.9 Å². The van der Waals surface area contributed by atoms with Gasteiger partial charge in [0.1, 0.15) is 5.01 Å². The molecule has 0 bridgehead atoms. The minimum absolute atomic E-state index is 0.901. The first kappa shape index (κ1) is 11.1. The van der Waals surface area contributed by atoms with E-state index < -0.39 is 0 Å². The van der Waals surface area contributed by atoms with Crippen molar-refractivity contribution < 1.29 is 0 Å². The number of rotatable bonds is 3. The number of fused-ring (bicyclic) bond motifs is 1. The Morgan fingerprint density at radius 3 is 2.94 bits per heavy atom. The zero-order chi connectivity index (χ0) is 11.7. The van der Waals surface area contributed by atoms with Crippen molar-refractivity contribution in [3.63, 3.8) is 0 Å². The Morgan fingerprint density at radius 2 is 2.12 bits per heavy atom. The largest absolute Gasteiger partial charge is 0.314 e. The topological polar surface area (TPSA) is 58.4 Å². The number of aryl methyl sites for hydroxylation is 1. The van der Waals surface area contributed by atoms with Crippen molar-refractivity contribution >= 4 is 16.3 Å². The second-order valence-corrected chi connectivity index (χ2v) is 5.43. The van der Waals surface area contributed by atoms with Gasteiger partial charge in [0.25, 0.3) is 0 Å². The van der Waals surface area contributed by atoms with E-state index in [1.165, 1.54) is 0 Å². The molecule has 1 fully saturated rings. The maximum Gasteiger partial charge on any atom is 0.234 e. The van der Waals surface area contributed by atoms with E-state index in [0.29, 0.717) is 0 Å². The molecule has 2 aromatic rings. The van der Waals surface area contributed by atoms with Gasteiger partial charge in [0.05, 0.1) is 0 Å². The maximum atomic E-state index is 4.42. The lowest BCUT2D eigenvalue weighted by Crippen LogP contribution is -2.44. The summed E-state index contributed by atoms with van der Waals surface area (Å²) in [6.45, 7) is 7.46. The lowest BCUT2D eigenvalue weighted by molar-refractivity contribution is 0.242. The molecule has 0 aromatic carbocycles. The molecular weight excluding hydrogens is 236 g/mol. The van der Waals surface area contributed by atoms with Crippen molar-refractivity contribution in [3.05, 3.63) is 10.8 Å². The zero-order valence-corrected chi connectivity index (χ0v) is 10.7. The highest BCUT2D eigenvalue weighted by Gasteiger charge is 2.13. The van der Waals surface area contributed by atoms with Crippen LogP contribution in [0.1, 0.15) is 10.8 Å². The first-order chi connectivity index (χ1) is 8.33. The van der Waals surface area contributed by atoms with E-state index in [-0.39, 0.29) is 0 Å². The van der Waals surface area contributed by atoms with Crippen LogP contribution in [-0.4, -0.2) is 57.4 Å². The van der Waals surface area contributed by atoms with Gasteiger partial charge in [-0.3, -0.25) is 0 Å². The summed E-state index contributed by atoms with van der Waals surface area (Å²) in [4.78, 5) is 3.36. The van der Waals surface area contributed by atoms with Crippen molar-refractivity contribution in [1.29, 1.82) is 0 Å². The normalized spacial score (nSPS) is 17.9. The molecule has 2 aromatic heterocycles. The number of hydrogen-bond donors (Lipinski definition) is 1. The lowest BCUT2D eigenvalue weighted by atomic mass is 10.3. The average Bonchev–Trinajstić information content (AvgIpc) is 2.87. The van der Waals surface area contributed by atoms with Gasteiger partial charge in [-0.25, -0.2) is 0 Å². The van der Waals surface area contributed by atoms with E-state index in [1.54, 1.807) is 11.3 Å².